The first-order chi connectivity index (χ1) is 16.9. The van der Waals surface area contributed by atoms with Crippen LogP contribution in [0.4, 0.5) is 0 Å². The molecule has 0 fully saturated rings. The number of nitrogens with one attached hydrogen (secondary N) is 1. The van der Waals surface area contributed by atoms with Gasteiger partial charge in [-0.25, -0.2) is 0 Å². The fraction of sp³-hybridized carbons (Fsp3) is 0.286. The van der Waals surface area contributed by atoms with Crippen LogP contribution in [0.1, 0.15) is 31.4 Å². The van der Waals surface area contributed by atoms with E-state index in [0.29, 0.717) is 22.2 Å². The second-order valence-corrected chi connectivity index (χ2v) is 9.24. The van der Waals surface area contributed by atoms with Crippen molar-refractivity contribution in [1.82, 2.24) is 10.2 Å². The topological polar surface area (TPSA) is 58.6 Å². The van der Waals surface area contributed by atoms with Gasteiger partial charge in [0.05, 0.1) is 5.02 Å². The number of carbonyl (C=O) groups is 2. The van der Waals surface area contributed by atoms with Gasteiger partial charge in [0.2, 0.25) is 5.91 Å². The zero-order valence-corrected chi connectivity index (χ0v) is 21.4. The van der Waals surface area contributed by atoms with Crippen molar-refractivity contribution in [1.29, 1.82) is 0 Å². The molecule has 2 amide bonds. The molecule has 0 saturated carbocycles. The number of halogens is 2. The van der Waals surface area contributed by atoms with Gasteiger partial charge in [0, 0.05) is 24.0 Å². The van der Waals surface area contributed by atoms with Crippen molar-refractivity contribution in [2.45, 2.75) is 45.3 Å². The highest BCUT2D eigenvalue weighted by Gasteiger charge is 2.31. The highest BCUT2D eigenvalue weighted by molar-refractivity contribution is 6.35. The molecule has 0 aliphatic rings. The van der Waals surface area contributed by atoms with Crippen LogP contribution < -0.4 is 10.1 Å². The molecule has 0 aromatic heterocycles. The van der Waals surface area contributed by atoms with Crippen molar-refractivity contribution in [3.05, 3.63) is 100 Å². The first-order valence-corrected chi connectivity index (χ1v) is 12.4. The SMILES string of the molecule is CC[C@H](C)NC(=O)[C@H](Cc1ccccc1)N(Cc1ccccc1)C(=O)COc1ccc(Cl)cc1Cl. The van der Waals surface area contributed by atoms with Gasteiger partial charge in [-0.05, 0) is 42.7 Å². The van der Waals surface area contributed by atoms with Crippen molar-refractivity contribution in [2.24, 2.45) is 0 Å². The van der Waals surface area contributed by atoms with Gasteiger partial charge in [-0.15, -0.1) is 0 Å². The molecule has 0 aliphatic heterocycles. The molecule has 0 aliphatic carbocycles. The van der Waals surface area contributed by atoms with Crippen LogP contribution in [-0.2, 0) is 22.6 Å². The Hall–Kier alpha value is -3.02. The zero-order valence-electron chi connectivity index (χ0n) is 19.9. The third-order valence-corrected chi connectivity index (χ3v) is 6.24. The predicted molar refractivity (Wildman–Crippen MR) is 141 cm³/mol. The summed E-state index contributed by atoms with van der Waals surface area (Å²) in [7, 11) is 0. The fourth-order valence-electron chi connectivity index (χ4n) is 3.59. The summed E-state index contributed by atoms with van der Waals surface area (Å²) >= 11 is 12.2. The summed E-state index contributed by atoms with van der Waals surface area (Å²) in [4.78, 5) is 28.6. The second-order valence-electron chi connectivity index (χ2n) is 8.39. The van der Waals surface area contributed by atoms with Gasteiger partial charge in [-0.2, -0.15) is 0 Å². The molecule has 0 spiro atoms. The minimum atomic E-state index is -0.719. The highest BCUT2D eigenvalue weighted by atomic mass is 35.5. The number of ether oxygens (including phenoxy) is 1. The summed E-state index contributed by atoms with van der Waals surface area (Å²) in [5, 5.41) is 3.84. The van der Waals surface area contributed by atoms with Crippen molar-refractivity contribution in [2.75, 3.05) is 6.61 Å². The summed E-state index contributed by atoms with van der Waals surface area (Å²) in [6.45, 7) is 3.96. The van der Waals surface area contributed by atoms with E-state index in [2.05, 4.69) is 5.32 Å². The molecule has 3 aromatic rings. The van der Waals surface area contributed by atoms with Crippen LogP contribution in [0, 0.1) is 0 Å². The molecular formula is C28H30Cl2N2O3. The minimum Gasteiger partial charge on any atom is -0.482 e. The maximum atomic E-state index is 13.5. The van der Waals surface area contributed by atoms with Gasteiger partial charge < -0.3 is 15.0 Å². The maximum absolute atomic E-state index is 13.5. The molecule has 0 saturated heterocycles. The lowest BCUT2D eigenvalue weighted by atomic mass is 10.0. The van der Waals surface area contributed by atoms with Gasteiger partial charge in [-0.1, -0.05) is 90.8 Å². The molecule has 1 N–H and O–H groups in total. The molecule has 3 rings (SSSR count). The van der Waals surface area contributed by atoms with Crippen LogP contribution in [0.2, 0.25) is 10.0 Å². The van der Waals surface area contributed by atoms with Gasteiger partial charge in [0.15, 0.2) is 6.61 Å². The van der Waals surface area contributed by atoms with Gasteiger partial charge in [0.1, 0.15) is 11.8 Å². The lowest BCUT2D eigenvalue weighted by Gasteiger charge is -2.32. The van der Waals surface area contributed by atoms with Crippen molar-refractivity contribution < 1.29 is 14.3 Å². The number of hydrogen-bond acceptors (Lipinski definition) is 3. The summed E-state index contributed by atoms with van der Waals surface area (Å²) in [6.07, 6.45) is 1.16. The lowest BCUT2D eigenvalue weighted by molar-refractivity contribution is -0.143. The maximum Gasteiger partial charge on any atom is 0.261 e. The largest absolute Gasteiger partial charge is 0.482 e. The standard InChI is InChI=1S/C28H30Cl2N2O3/c1-3-20(2)31-28(34)25(16-21-10-6-4-7-11-21)32(18-22-12-8-5-9-13-22)27(33)19-35-26-15-14-23(29)17-24(26)30/h4-15,17,20,25H,3,16,18-19H2,1-2H3,(H,31,34)/t20-,25-/m0/s1. The Morgan fingerprint density at radius 1 is 0.943 bits per heavy atom. The van der Waals surface area contributed by atoms with Crippen LogP contribution >= 0.6 is 23.2 Å². The Kier molecular flexibility index (Phi) is 10.0. The van der Waals surface area contributed by atoms with E-state index in [0.717, 1.165) is 17.5 Å². The molecule has 0 heterocycles. The number of amides is 2. The molecule has 0 radical (unpaired) electrons. The van der Waals surface area contributed by atoms with Crippen molar-refractivity contribution in [3.63, 3.8) is 0 Å². The average Bonchev–Trinajstić information content (AvgIpc) is 2.86. The number of benzene rings is 3. The van der Waals surface area contributed by atoms with Crippen molar-refractivity contribution >= 4 is 35.0 Å². The van der Waals surface area contributed by atoms with E-state index in [4.69, 9.17) is 27.9 Å². The van der Waals surface area contributed by atoms with E-state index < -0.39 is 6.04 Å². The van der Waals surface area contributed by atoms with E-state index in [9.17, 15) is 9.59 Å². The molecule has 0 bridgehead atoms. The Balaban J connectivity index is 1.90. The molecular weight excluding hydrogens is 483 g/mol. The van der Waals surface area contributed by atoms with Crippen LogP contribution in [0.25, 0.3) is 0 Å². The average molecular weight is 513 g/mol. The number of nitrogens with zero attached hydrogens (tertiary/aromatic N) is 1. The van der Waals surface area contributed by atoms with E-state index in [1.54, 1.807) is 23.1 Å². The molecule has 0 unspecified atom stereocenters. The summed E-state index contributed by atoms with van der Waals surface area (Å²) in [6, 6.07) is 23.4. The third-order valence-electron chi connectivity index (χ3n) is 5.71. The summed E-state index contributed by atoms with van der Waals surface area (Å²) in [5.74, 6) is -0.162. The number of carbonyl (C=O) groups excluding carboxylic acids is 2. The zero-order chi connectivity index (χ0) is 25.2. The molecule has 5 nitrogen and oxygen atoms in total. The molecule has 2 atom stereocenters. The molecule has 35 heavy (non-hydrogen) atoms. The summed E-state index contributed by atoms with van der Waals surface area (Å²) in [5.41, 5.74) is 1.88. The lowest BCUT2D eigenvalue weighted by Crippen LogP contribution is -2.53. The summed E-state index contributed by atoms with van der Waals surface area (Å²) < 4.78 is 5.74. The molecule has 7 heteroatoms. The Bertz CT molecular complexity index is 1110. The normalized spacial score (nSPS) is 12.5. The molecule has 184 valence electrons. The predicted octanol–water partition coefficient (Wildman–Crippen LogP) is 5.93. The third kappa shape index (κ3) is 8.01. The van der Waals surface area contributed by atoms with E-state index in [-0.39, 0.29) is 31.0 Å². The smallest absolute Gasteiger partial charge is 0.261 e. The van der Waals surface area contributed by atoms with Crippen LogP contribution in [0.3, 0.4) is 0 Å². The van der Waals surface area contributed by atoms with Gasteiger partial charge in [0.25, 0.3) is 5.91 Å². The fourth-order valence-corrected chi connectivity index (χ4v) is 4.05. The van der Waals surface area contributed by atoms with Gasteiger partial charge in [-0.3, -0.25) is 9.59 Å². The second kappa shape index (κ2) is 13.2. The first-order valence-electron chi connectivity index (χ1n) is 11.6. The monoisotopic (exact) mass is 512 g/mol. The van der Waals surface area contributed by atoms with E-state index in [1.165, 1.54) is 0 Å². The quantitative estimate of drug-likeness (QED) is 0.346. The Morgan fingerprint density at radius 3 is 2.17 bits per heavy atom. The minimum absolute atomic E-state index is 0.0152. The van der Waals surface area contributed by atoms with Crippen LogP contribution in [0.5, 0.6) is 5.75 Å². The van der Waals surface area contributed by atoms with E-state index >= 15 is 0 Å². The highest BCUT2D eigenvalue weighted by Crippen LogP contribution is 2.27. The molecule has 3 aromatic carbocycles. The van der Waals surface area contributed by atoms with Gasteiger partial charge >= 0.3 is 0 Å². The number of hydrogen-bond donors (Lipinski definition) is 1. The van der Waals surface area contributed by atoms with Crippen LogP contribution in [-0.4, -0.2) is 35.4 Å². The van der Waals surface area contributed by atoms with Crippen molar-refractivity contribution in [3.8, 4) is 5.75 Å². The number of rotatable bonds is 11. The Morgan fingerprint density at radius 2 is 1.57 bits per heavy atom. The Labute approximate surface area is 217 Å². The van der Waals surface area contributed by atoms with Crippen LogP contribution in [0.15, 0.2) is 78.9 Å². The first kappa shape index (κ1) is 26.6. The van der Waals surface area contributed by atoms with E-state index in [1.807, 2.05) is 74.5 Å².